The third-order valence-corrected chi connectivity index (χ3v) is 1.04. The van der Waals surface area contributed by atoms with Crippen LogP contribution in [0.3, 0.4) is 0 Å². The van der Waals surface area contributed by atoms with Crippen LogP contribution in [-0.4, -0.2) is 6.29 Å². The summed E-state index contributed by atoms with van der Waals surface area (Å²) in [5.41, 5.74) is 0. The van der Waals surface area contributed by atoms with Crippen LogP contribution in [0.5, 0.6) is 0 Å². The highest BCUT2D eigenvalue weighted by atomic mass is 16.1. The number of rotatable bonds is 5. The van der Waals surface area contributed by atoms with Crippen molar-refractivity contribution < 1.29 is 4.79 Å². The van der Waals surface area contributed by atoms with Crippen molar-refractivity contribution in [2.75, 3.05) is 0 Å². The van der Waals surface area contributed by atoms with E-state index in [9.17, 15) is 4.79 Å². The normalized spacial score (nSPS) is 11.3. The first-order valence-corrected chi connectivity index (χ1v) is 3.58. The molecule has 0 atom stereocenters. The highest BCUT2D eigenvalue weighted by molar-refractivity contribution is 5.53. The monoisotopic (exact) mass is 137 g/mol. The van der Waals surface area contributed by atoms with Gasteiger partial charge in [-0.1, -0.05) is 37.6 Å². The predicted octanol–water partition coefficient (Wildman–Crippen LogP) is 2.40. The fourth-order valence-corrected chi connectivity index (χ4v) is 0.536. The van der Waals surface area contributed by atoms with Crippen LogP contribution in [0.2, 0.25) is 0 Å². The quantitative estimate of drug-likeness (QED) is 0.532. The summed E-state index contributed by atoms with van der Waals surface area (Å²) in [5.74, 6) is 0. The van der Waals surface area contributed by atoms with Gasteiger partial charge in [0.15, 0.2) is 0 Å². The first-order valence-electron chi connectivity index (χ1n) is 3.58. The lowest BCUT2D eigenvalue weighted by molar-refractivity contribution is 0.556. The molecule has 0 heterocycles. The molecular weight excluding hydrogens is 124 g/mol. The molecule has 0 N–H and O–H groups in total. The van der Waals surface area contributed by atoms with Crippen LogP contribution in [0.1, 0.15) is 26.2 Å². The molecule has 0 aliphatic rings. The lowest BCUT2D eigenvalue weighted by Gasteiger charge is -1.79. The van der Waals surface area contributed by atoms with Gasteiger partial charge < -0.3 is 0 Å². The number of carbonyl (C=O) groups excluding carboxylic acids is 1. The van der Waals surface area contributed by atoms with Crippen molar-refractivity contribution in [3.8, 4) is 0 Å². The van der Waals surface area contributed by atoms with E-state index < -0.39 is 0 Å². The van der Waals surface area contributed by atoms with Gasteiger partial charge in [-0.2, -0.15) is 0 Å². The molecule has 1 radical (unpaired) electrons. The summed E-state index contributed by atoms with van der Waals surface area (Å²) in [6, 6.07) is 0. The second-order valence-corrected chi connectivity index (χ2v) is 1.99. The van der Waals surface area contributed by atoms with Gasteiger partial charge in [-0.3, -0.25) is 4.79 Å². The standard InChI is InChI=1S/C9H13O/c1-2-3-4-5-6-7-8-9-10/h4-7H,2-3,8H2,1H3. The molecule has 0 amide bonds. The summed E-state index contributed by atoms with van der Waals surface area (Å²) in [5, 5.41) is 0. The van der Waals surface area contributed by atoms with Crippen molar-refractivity contribution in [2.24, 2.45) is 0 Å². The molecule has 0 aromatic heterocycles. The molecule has 0 bridgehead atoms. The van der Waals surface area contributed by atoms with Crippen LogP contribution in [-0.2, 0) is 4.79 Å². The highest BCUT2D eigenvalue weighted by Gasteiger charge is 1.71. The van der Waals surface area contributed by atoms with Gasteiger partial charge in [0.25, 0.3) is 0 Å². The van der Waals surface area contributed by atoms with E-state index in [4.69, 9.17) is 0 Å². The minimum absolute atomic E-state index is 0.399. The molecule has 0 aliphatic heterocycles. The average Bonchev–Trinajstić information content (AvgIpc) is 1.97. The molecule has 0 aromatic rings. The minimum atomic E-state index is 0.399. The van der Waals surface area contributed by atoms with Crippen molar-refractivity contribution >= 4 is 6.29 Å². The van der Waals surface area contributed by atoms with Crippen molar-refractivity contribution in [1.29, 1.82) is 0 Å². The molecule has 10 heavy (non-hydrogen) atoms. The molecule has 0 rings (SSSR count). The van der Waals surface area contributed by atoms with Gasteiger partial charge >= 0.3 is 0 Å². The van der Waals surface area contributed by atoms with E-state index in [2.05, 4.69) is 13.0 Å². The molecule has 0 fully saturated rings. The van der Waals surface area contributed by atoms with E-state index >= 15 is 0 Å². The SMILES string of the molecule is CCCC=CC=CC[C]=O. The fraction of sp³-hybridized carbons (Fsp3) is 0.444. The molecule has 1 heteroatoms. The maximum atomic E-state index is 9.69. The van der Waals surface area contributed by atoms with Gasteiger partial charge in [0.1, 0.15) is 0 Å². The zero-order chi connectivity index (χ0) is 7.66. The Hall–Kier alpha value is -0.850. The van der Waals surface area contributed by atoms with E-state index in [-0.39, 0.29) is 0 Å². The largest absolute Gasteiger partial charge is 0.291 e. The van der Waals surface area contributed by atoms with Crippen LogP contribution in [0.15, 0.2) is 24.3 Å². The van der Waals surface area contributed by atoms with Gasteiger partial charge in [-0.25, -0.2) is 0 Å². The van der Waals surface area contributed by atoms with Crippen molar-refractivity contribution in [3.63, 3.8) is 0 Å². The van der Waals surface area contributed by atoms with E-state index in [0.717, 1.165) is 6.42 Å². The maximum absolute atomic E-state index is 9.69. The fourth-order valence-electron chi connectivity index (χ4n) is 0.536. The summed E-state index contributed by atoms with van der Waals surface area (Å²) in [7, 11) is 0. The van der Waals surface area contributed by atoms with E-state index in [1.807, 2.05) is 12.2 Å². The predicted molar refractivity (Wildman–Crippen MR) is 43.5 cm³/mol. The third kappa shape index (κ3) is 7.15. The van der Waals surface area contributed by atoms with Crippen LogP contribution in [0.4, 0.5) is 0 Å². The smallest absolute Gasteiger partial charge is 0.202 e. The van der Waals surface area contributed by atoms with Gasteiger partial charge in [0.05, 0.1) is 0 Å². The zero-order valence-corrected chi connectivity index (χ0v) is 6.34. The van der Waals surface area contributed by atoms with E-state index in [0.29, 0.717) is 6.42 Å². The number of allylic oxidation sites excluding steroid dienone is 4. The molecule has 0 spiro atoms. The van der Waals surface area contributed by atoms with Gasteiger partial charge in [-0.05, 0) is 6.42 Å². The molecule has 0 saturated carbocycles. The maximum Gasteiger partial charge on any atom is 0.202 e. The summed E-state index contributed by atoms with van der Waals surface area (Å²) < 4.78 is 0. The first kappa shape index (κ1) is 9.15. The number of hydrogen-bond donors (Lipinski definition) is 0. The Balaban J connectivity index is 3.22. The number of hydrogen-bond acceptors (Lipinski definition) is 1. The Morgan fingerprint density at radius 1 is 1.30 bits per heavy atom. The van der Waals surface area contributed by atoms with Crippen LogP contribution in [0.25, 0.3) is 0 Å². The lowest BCUT2D eigenvalue weighted by Crippen LogP contribution is -1.64. The molecule has 0 saturated heterocycles. The summed E-state index contributed by atoms with van der Waals surface area (Å²) in [4.78, 5) is 9.69. The van der Waals surface area contributed by atoms with Crippen LogP contribution in [0, 0.1) is 0 Å². The summed E-state index contributed by atoms with van der Waals surface area (Å²) in [6.45, 7) is 2.13. The van der Waals surface area contributed by atoms with E-state index in [1.165, 1.54) is 6.42 Å². The third-order valence-electron chi connectivity index (χ3n) is 1.04. The molecule has 55 valence electrons. The highest BCUT2D eigenvalue weighted by Crippen LogP contribution is 1.88. The van der Waals surface area contributed by atoms with Gasteiger partial charge in [-0.15, -0.1) is 0 Å². The average molecular weight is 137 g/mol. The molecule has 1 nitrogen and oxygen atoms in total. The molecular formula is C9H13O. The Morgan fingerprint density at radius 2 is 2.00 bits per heavy atom. The Morgan fingerprint density at radius 3 is 2.60 bits per heavy atom. The van der Waals surface area contributed by atoms with Crippen molar-refractivity contribution in [1.82, 2.24) is 0 Å². The zero-order valence-electron chi connectivity index (χ0n) is 6.34. The Bertz CT molecular complexity index is 123. The Kier molecular flexibility index (Phi) is 7.46. The van der Waals surface area contributed by atoms with Crippen LogP contribution >= 0.6 is 0 Å². The lowest BCUT2D eigenvalue weighted by atomic mass is 10.3. The Labute approximate surface area is 62.4 Å². The van der Waals surface area contributed by atoms with Crippen LogP contribution < -0.4 is 0 Å². The molecule has 0 aromatic carbocycles. The summed E-state index contributed by atoms with van der Waals surface area (Å²) >= 11 is 0. The molecule has 0 aliphatic carbocycles. The topological polar surface area (TPSA) is 17.1 Å². The van der Waals surface area contributed by atoms with Crippen molar-refractivity contribution in [3.05, 3.63) is 24.3 Å². The minimum Gasteiger partial charge on any atom is -0.291 e. The second-order valence-electron chi connectivity index (χ2n) is 1.99. The molecule has 0 unspecified atom stereocenters. The van der Waals surface area contributed by atoms with Gasteiger partial charge in [0, 0.05) is 6.42 Å². The van der Waals surface area contributed by atoms with Gasteiger partial charge in [0.2, 0.25) is 6.29 Å². The second kappa shape index (κ2) is 8.15. The first-order chi connectivity index (χ1) is 4.91. The van der Waals surface area contributed by atoms with Crippen molar-refractivity contribution in [2.45, 2.75) is 26.2 Å². The van der Waals surface area contributed by atoms with E-state index in [1.54, 1.807) is 12.4 Å². The summed E-state index contributed by atoms with van der Waals surface area (Å²) in [6.07, 6.45) is 12.2. The number of unbranched alkanes of at least 4 members (excludes halogenated alkanes) is 1.